The smallest absolute Gasteiger partial charge is 0.204 e. The summed E-state index contributed by atoms with van der Waals surface area (Å²) < 4.78 is 1.14. The summed E-state index contributed by atoms with van der Waals surface area (Å²) in [6.07, 6.45) is 3.34. The Hall–Kier alpha value is -2.34. The highest BCUT2D eigenvalue weighted by Gasteiger charge is 2.05. The molecule has 0 bridgehead atoms. The Morgan fingerprint density at radius 2 is 2.00 bits per heavy atom. The minimum absolute atomic E-state index is 0.770. The lowest BCUT2D eigenvalue weighted by atomic mass is 10.2. The van der Waals surface area contributed by atoms with Crippen molar-refractivity contribution in [3.05, 3.63) is 48.0 Å². The topological polar surface area (TPSA) is 63.1 Å². The van der Waals surface area contributed by atoms with Crippen LogP contribution in [0.4, 0.5) is 5.13 Å². The summed E-state index contributed by atoms with van der Waals surface area (Å²) in [5, 5.41) is 5.10. The fourth-order valence-corrected chi connectivity index (χ4v) is 2.68. The van der Waals surface area contributed by atoms with Crippen LogP contribution in [0, 0.1) is 6.92 Å². The predicted octanol–water partition coefficient (Wildman–Crippen LogP) is 3.23. The number of aromatic nitrogens is 3. The molecule has 0 unspecified atom stereocenters. The Balaban J connectivity index is 1.84. The van der Waals surface area contributed by atoms with Crippen LogP contribution in [0.2, 0.25) is 0 Å². The molecular weight excluding hydrogens is 270 g/mol. The first-order chi connectivity index (χ1) is 9.74. The number of fused-ring (bicyclic) bond motifs is 1. The second-order valence-electron chi connectivity index (χ2n) is 4.29. The van der Waals surface area contributed by atoms with Crippen molar-refractivity contribution in [2.75, 3.05) is 5.43 Å². The van der Waals surface area contributed by atoms with Gasteiger partial charge in [-0.2, -0.15) is 5.10 Å². The molecule has 0 amide bonds. The Kier molecular flexibility index (Phi) is 3.39. The number of benzene rings is 1. The number of nitrogens with one attached hydrogen (secondary N) is 1. The molecule has 1 N–H and O–H groups in total. The van der Waals surface area contributed by atoms with E-state index < -0.39 is 0 Å². The van der Waals surface area contributed by atoms with Gasteiger partial charge in [-0.15, -0.1) is 0 Å². The molecule has 0 fully saturated rings. The average Bonchev–Trinajstić information content (AvgIpc) is 2.88. The van der Waals surface area contributed by atoms with E-state index in [1.165, 1.54) is 0 Å². The molecule has 5 nitrogen and oxygen atoms in total. The van der Waals surface area contributed by atoms with Gasteiger partial charge in [0.15, 0.2) is 0 Å². The molecule has 0 radical (unpaired) electrons. The average molecular weight is 283 g/mol. The van der Waals surface area contributed by atoms with Crippen LogP contribution < -0.4 is 5.43 Å². The quantitative estimate of drug-likeness (QED) is 0.592. The third-order valence-electron chi connectivity index (χ3n) is 2.84. The fourth-order valence-electron chi connectivity index (χ4n) is 1.87. The maximum Gasteiger partial charge on any atom is 0.204 e. The van der Waals surface area contributed by atoms with E-state index in [4.69, 9.17) is 0 Å². The lowest BCUT2D eigenvalue weighted by molar-refractivity contribution is 1.09. The lowest BCUT2D eigenvalue weighted by Gasteiger charge is -2.02. The second kappa shape index (κ2) is 5.34. The summed E-state index contributed by atoms with van der Waals surface area (Å²) in [7, 11) is 0. The summed E-state index contributed by atoms with van der Waals surface area (Å²) >= 11 is 1.57. The Bertz CT molecular complexity index is 745. The maximum atomic E-state index is 4.47. The zero-order chi connectivity index (χ0) is 13.9. The van der Waals surface area contributed by atoms with Crippen LogP contribution in [0.5, 0.6) is 0 Å². The van der Waals surface area contributed by atoms with Crippen LogP contribution in [0.15, 0.2) is 41.8 Å². The molecule has 0 saturated heterocycles. The molecule has 0 spiro atoms. The summed E-state index contributed by atoms with van der Waals surface area (Å²) in [6.45, 7) is 3.82. The third-order valence-corrected chi connectivity index (χ3v) is 3.78. The number of rotatable bonds is 3. The minimum atomic E-state index is 0.770. The first kappa shape index (κ1) is 12.7. The van der Waals surface area contributed by atoms with E-state index in [0.717, 1.165) is 32.4 Å². The number of aryl methyl sites for hydroxylation is 1. The van der Waals surface area contributed by atoms with Crippen molar-refractivity contribution < 1.29 is 0 Å². The Morgan fingerprint density at radius 3 is 2.80 bits per heavy atom. The van der Waals surface area contributed by atoms with Crippen molar-refractivity contribution in [2.24, 2.45) is 5.10 Å². The van der Waals surface area contributed by atoms with Crippen LogP contribution in [0.25, 0.3) is 10.2 Å². The highest BCUT2D eigenvalue weighted by Crippen LogP contribution is 2.25. The highest BCUT2D eigenvalue weighted by atomic mass is 32.1. The molecule has 6 heteroatoms. The number of hydrazone groups is 1. The van der Waals surface area contributed by atoms with Gasteiger partial charge in [-0.25, -0.2) is 4.98 Å². The zero-order valence-electron chi connectivity index (χ0n) is 11.2. The van der Waals surface area contributed by atoms with Crippen molar-refractivity contribution >= 4 is 32.4 Å². The second-order valence-corrected chi connectivity index (χ2v) is 5.32. The summed E-state index contributed by atoms with van der Waals surface area (Å²) in [5.74, 6) is 0. The minimum Gasteiger partial charge on any atom is -0.258 e. The van der Waals surface area contributed by atoms with Crippen LogP contribution in [0.1, 0.15) is 18.3 Å². The van der Waals surface area contributed by atoms with Crippen molar-refractivity contribution in [2.45, 2.75) is 13.8 Å². The van der Waals surface area contributed by atoms with Gasteiger partial charge >= 0.3 is 0 Å². The molecule has 100 valence electrons. The van der Waals surface area contributed by atoms with Gasteiger partial charge in [0, 0.05) is 12.4 Å². The molecule has 2 heterocycles. The lowest BCUT2D eigenvalue weighted by Crippen LogP contribution is -2.05. The SMILES string of the molecule is C/C(=N\Nc1nc2ccccc2s1)c1nccnc1C. The van der Waals surface area contributed by atoms with E-state index in [-0.39, 0.29) is 0 Å². The molecule has 0 aliphatic carbocycles. The van der Waals surface area contributed by atoms with Crippen molar-refractivity contribution in [1.82, 2.24) is 15.0 Å². The van der Waals surface area contributed by atoms with Crippen molar-refractivity contribution in [1.29, 1.82) is 0 Å². The summed E-state index contributed by atoms with van der Waals surface area (Å²) in [4.78, 5) is 13.0. The molecule has 2 aromatic heterocycles. The van der Waals surface area contributed by atoms with Crippen molar-refractivity contribution in [3.63, 3.8) is 0 Å². The van der Waals surface area contributed by atoms with Gasteiger partial charge in [-0.3, -0.25) is 15.4 Å². The number of hydrogen-bond acceptors (Lipinski definition) is 6. The standard InChI is InChI=1S/C14H13N5S/c1-9-13(16-8-7-15-9)10(2)18-19-14-17-11-5-3-4-6-12(11)20-14/h3-8H,1-2H3,(H,17,19)/b18-10+. The zero-order valence-corrected chi connectivity index (χ0v) is 12.0. The van der Waals surface area contributed by atoms with E-state index in [1.807, 2.05) is 38.1 Å². The molecule has 0 atom stereocenters. The molecule has 0 aliphatic rings. The van der Waals surface area contributed by atoms with Crippen LogP contribution in [0.3, 0.4) is 0 Å². The molecule has 0 aliphatic heterocycles. The fraction of sp³-hybridized carbons (Fsp3) is 0.143. The number of para-hydroxylation sites is 1. The Labute approximate surface area is 120 Å². The normalized spacial score (nSPS) is 11.8. The van der Waals surface area contributed by atoms with E-state index in [9.17, 15) is 0 Å². The summed E-state index contributed by atoms with van der Waals surface area (Å²) in [6, 6.07) is 8.01. The molecule has 3 aromatic rings. The molecule has 0 saturated carbocycles. The number of anilines is 1. The van der Waals surface area contributed by atoms with Gasteiger partial charge in [0.1, 0.15) is 5.69 Å². The molecule has 20 heavy (non-hydrogen) atoms. The molecular formula is C14H13N5S. The van der Waals surface area contributed by atoms with E-state index in [0.29, 0.717) is 0 Å². The van der Waals surface area contributed by atoms with Gasteiger partial charge in [0.05, 0.1) is 21.6 Å². The number of nitrogens with zero attached hydrogens (tertiary/aromatic N) is 4. The first-order valence-corrected chi connectivity index (χ1v) is 6.99. The Morgan fingerprint density at radius 1 is 1.20 bits per heavy atom. The molecule has 1 aromatic carbocycles. The number of thiazole rings is 1. The van der Waals surface area contributed by atoms with Gasteiger partial charge in [0.25, 0.3) is 0 Å². The largest absolute Gasteiger partial charge is 0.258 e. The van der Waals surface area contributed by atoms with Gasteiger partial charge < -0.3 is 0 Å². The highest BCUT2D eigenvalue weighted by molar-refractivity contribution is 7.22. The van der Waals surface area contributed by atoms with E-state index in [1.54, 1.807) is 23.7 Å². The van der Waals surface area contributed by atoms with Gasteiger partial charge in [-0.05, 0) is 26.0 Å². The van der Waals surface area contributed by atoms with Crippen LogP contribution in [-0.2, 0) is 0 Å². The monoisotopic (exact) mass is 283 g/mol. The van der Waals surface area contributed by atoms with Crippen LogP contribution >= 0.6 is 11.3 Å². The maximum absolute atomic E-state index is 4.47. The van der Waals surface area contributed by atoms with E-state index in [2.05, 4.69) is 25.5 Å². The van der Waals surface area contributed by atoms with Crippen LogP contribution in [-0.4, -0.2) is 20.7 Å². The number of hydrogen-bond donors (Lipinski definition) is 1. The van der Waals surface area contributed by atoms with Crippen molar-refractivity contribution in [3.8, 4) is 0 Å². The van der Waals surface area contributed by atoms with Gasteiger partial charge in [0.2, 0.25) is 5.13 Å². The van der Waals surface area contributed by atoms with E-state index >= 15 is 0 Å². The molecule has 3 rings (SSSR count). The predicted molar refractivity (Wildman–Crippen MR) is 82.2 cm³/mol. The van der Waals surface area contributed by atoms with Gasteiger partial charge in [-0.1, -0.05) is 23.5 Å². The third kappa shape index (κ3) is 2.50. The first-order valence-electron chi connectivity index (χ1n) is 6.18. The summed E-state index contributed by atoms with van der Waals surface area (Å²) in [5.41, 5.74) is 6.40.